The van der Waals surface area contributed by atoms with E-state index >= 15 is 0 Å². The van der Waals surface area contributed by atoms with Crippen LogP contribution >= 0.6 is 25.3 Å². The molecule has 0 aromatic heterocycles. The predicted octanol–water partition coefficient (Wildman–Crippen LogP) is -10.5. The van der Waals surface area contributed by atoms with Crippen molar-refractivity contribution in [1.82, 2.24) is 84.7 Å². The zero-order chi connectivity index (χ0) is 97.3. The van der Waals surface area contributed by atoms with Crippen LogP contribution in [0.25, 0.3) is 0 Å². The van der Waals surface area contributed by atoms with E-state index in [1.165, 1.54) is 62.4 Å². The fraction of sp³-hybridized carbons (Fsp3) is 0.637. The highest BCUT2D eigenvalue weighted by atomic mass is 32.1. The molecule has 0 spiro atoms. The van der Waals surface area contributed by atoms with Gasteiger partial charge in [0.25, 0.3) is 0 Å². The number of nitrogens with one attached hydrogen (secondary N) is 16. The van der Waals surface area contributed by atoms with Crippen molar-refractivity contribution in [2.75, 3.05) is 64.8 Å². The molecule has 0 saturated carbocycles. The number of likely N-dealkylation sites (tertiary alicyclic amines) is 1. The molecule has 0 bridgehead atoms. The van der Waals surface area contributed by atoms with Crippen LogP contribution in [0.1, 0.15) is 130 Å². The number of unbranched alkanes of at least 4 members (excludes halogenated alkanes) is 1. The first-order chi connectivity index (χ1) is 60.8. The van der Waals surface area contributed by atoms with Crippen molar-refractivity contribution < 1.29 is 112 Å². The van der Waals surface area contributed by atoms with E-state index in [2.05, 4.69) is 105 Å². The standard InChI is InChI=1S/C80H134N24O23S2/c1-8-40(4)60(101-73(121)58-34-46(110)35-104(58)77(125)59(86)39(2)3)74(122)103-62(80(6,7)129)76(124)96-53(32-42-14-18-44(108)19-15-42)69(117)98-56(37-106)71(119)99-55(36-105)70(118)91-48(13-11-31-89-79(87)88)64(112)94-52(25-30-85)68(116)102-61(41(5)107)75(123)95-51(24-29-84)66(114)90-47(12-9-10-26-81)63(111)92-49(22-27-82)65(113)93-50(23-28-83)67(115)100-57(38-128)72(120)97-54(78(126)127)33-43-16-20-45(109)21-17-43/h14-21,39-41,46-62,105-110,128-129H,8-13,22-38,81-86H2,1-7H3,(H,90,114)(H,91,118)(H,92,111)(H,93,113)(H,94,112)(H,95,123)(H,96,124)(H,97,120)(H,98,117)(H,99,119)(H,100,115)(H,101,121)(H,102,116)(H,103,122)(H,126,127)(H4,87,88,89)/t40-,41+,46+,47-,48-,49-,50-,51+,52-,53-,54-,55-,56-,57-,58-,59-,60-,61-,62+/m0/s1. The molecule has 1 heterocycles. The van der Waals surface area contributed by atoms with Crippen LogP contribution in [0, 0.1) is 17.2 Å². The first kappa shape index (κ1) is 112. The van der Waals surface area contributed by atoms with Crippen LogP contribution in [-0.2, 0) is 89.6 Å². The van der Waals surface area contributed by atoms with Gasteiger partial charge in [0.15, 0.2) is 5.96 Å². The van der Waals surface area contributed by atoms with Crippen LogP contribution in [0.15, 0.2) is 48.5 Å². The minimum atomic E-state index is -2.00. The maximum Gasteiger partial charge on any atom is 0.326 e. The number of aliphatic carboxylic acids is 1. The van der Waals surface area contributed by atoms with Crippen molar-refractivity contribution in [2.45, 2.75) is 246 Å². The molecule has 2 aromatic rings. The average Bonchev–Trinajstić information content (AvgIpc) is 1.68. The van der Waals surface area contributed by atoms with Gasteiger partial charge in [-0.1, -0.05) is 58.4 Å². The van der Waals surface area contributed by atoms with Crippen molar-refractivity contribution in [3.05, 3.63) is 59.7 Å². The number of phenols is 2. The Morgan fingerprint density at radius 2 is 0.837 bits per heavy atom. The minimum absolute atomic E-state index is 0.0656. The first-order valence-electron chi connectivity index (χ1n) is 42.4. The summed E-state index contributed by atoms with van der Waals surface area (Å²) in [5.74, 6) is -19.0. The van der Waals surface area contributed by atoms with Crippen molar-refractivity contribution in [3.8, 4) is 11.5 Å². The van der Waals surface area contributed by atoms with Gasteiger partial charge in [0.05, 0.1) is 31.5 Å². The van der Waals surface area contributed by atoms with E-state index in [1.807, 2.05) is 0 Å². The molecule has 1 aliphatic rings. The number of guanidine groups is 1. The lowest BCUT2D eigenvalue weighted by atomic mass is 9.95. The molecule has 37 N–H and O–H groups in total. The highest BCUT2D eigenvalue weighted by Crippen LogP contribution is 2.24. The number of aliphatic hydroxyl groups is 4. The molecule has 19 atom stereocenters. The maximum absolute atomic E-state index is 14.6. The Bertz CT molecular complexity index is 4060. The van der Waals surface area contributed by atoms with Gasteiger partial charge in [-0.3, -0.25) is 77.3 Å². The molecule has 0 unspecified atom stereocenters. The van der Waals surface area contributed by atoms with Crippen LogP contribution in [0.2, 0.25) is 0 Å². The highest BCUT2D eigenvalue weighted by molar-refractivity contribution is 7.81. The number of hydrogen-bond acceptors (Lipinski definition) is 31. The lowest BCUT2D eigenvalue weighted by Gasteiger charge is -2.34. The van der Waals surface area contributed by atoms with Crippen molar-refractivity contribution in [2.24, 2.45) is 52.0 Å². The van der Waals surface area contributed by atoms with Crippen molar-refractivity contribution >= 4 is 126 Å². The number of aliphatic hydroxyl groups excluding tert-OH is 4. The molecule has 3 rings (SSSR count). The number of aromatic hydroxyl groups is 2. The van der Waals surface area contributed by atoms with E-state index in [0.717, 1.165) is 11.8 Å². The van der Waals surface area contributed by atoms with Gasteiger partial charge < -0.3 is 161 Å². The van der Waals surface area contributed by atoms with E-state index in [0.29, 0.717) is 24.0 Å². The van der Waals surface area contributed by atoms with E-state index in [9.17, 15) is 112 Å². The monoisotopic (exact) mass is 1860 g/mol. The second kappa shape index (κ2) is 56.6. The van der Waals surface area contributed by atoms with Gasteiger partial charge in [0.1, 0.15) is 102 Å². The molecule has 49 heteroatoms. The molecule has 0 aliphatic carbocycles. The average molecular weight is 1860 g/mol. The number of benzene rings is 2. The van der Waals surface area contributed by atoms with Crippen molar-refractivity contribution in [1.29, 1.82) is 5.41 Å². The number of nitrogens with two attached hydrogens (primary N) is 7. The number of thiol groups is 2. The second-order valence-corrected chi connectivity index (χ2v) is 33.8. The molecule has 129 heavy (non-hydrogen) atoms. The molecule has 15 amide bonds. The zero-order valence-corrected chi connectivity index (χ0v) is 75.3. The molecule has 2 aromatic carbocycles. The van der Waals surface area contributed by atoms with E-state index in [-0.39, 0.29) is 127 Å². The van der Waals surface area contributed by atoms with E-state index < -0.39 is 246 Å². The van der Waals surface area contributed by atoms with Gasteiger partial charge in [0, 0.05) is 42.9 Å². The van der Waals surface area contributed by atoms with Gasteiger partial charge in [0.2, 0.25) is 88.6 Å². The number of carbonyl (C=O) groups is 16. The number of carboxylic acid groups (broad SMARTS) is 1. The Balaban J connectivity index is 1.87. The van der Waals surface area contributed by atoms with Gasteiger partial charge >= 0.3 is 5.97 Å². The Labute approximate surface area is 758 Å². The minimum Gasteiger partial charge on any atom is -0.508 e. The normalized spacial score (nSPS) is 17.1. The summed E-state index contributed by atoms with van der Waals surface area (Å²) in [5.41, 5.74) is 41.7. The summed E-state index contributed by atoms with van der Waals surface area (Å²) in [4.78, 5) is 225. The summed E-state index contributed by atoms with van der Waals surface area (Å²) in [6.07, 6.45) is -4.59. The second-order valence-electron chi connectivity index (χ2n) is 32.2. The molecule has 724 valence electrons. The zero-order valence-electron chi connectivity index (χ0n) is 73.5. The molecule has 0 radical (unpaired) electrons. The molecular formula is C80H134N24O23S2. The molecular weight excluding hydrogens is 1730 g/mol. The van der Waals surface area contributed by atoms with Crippen LogP contribution in [0.3, 0.4) is 0 Å². The number of nitrogens with zero attached hydrogens (tertiary/aromatic N) is 1. The van der Waals surface area contributed by atoms with Crippen LogP contribution in [0.4, 0.5) is 0 Å². The first-order valence-corrected chi connectivity index (χ1v) is 43.5. The topological polar surface area (TPSA) is 804 Å². The summed E-state index contributed by atoms with van der Waals surface area (Å²) in [5, 5.41) is 117. The SMILES string of the molecule is CC[C@H](C)[C@H](NC(=O)[C@@H]1C[C@@H](O)CN1C(=O)[C@@H](N)C(C)C)C(=O)N[C@H](C(=O)N[C@@H](Cc1ccc(O)cc1)C(=O)N[C@@H](CO)C(=O)N[C@@H](CO)C(=O)N[C@@H](CCCNC(=N)N)C(=O)N[C@@H](CCN)C(=O)N[C@H](C(=O)N[C@H](CCN)C(=O)N[C@@H](CCCCN)C(=O)N[C@@H](CCN)C(=O)N[C@@H](CCN)C(=O)N[C@@H](CS)C(=O)N[C@@H](Cc1ccc(O)cc1)C(=O)O)[C@@H](C)O)C(C)(C)S. The number of carboxylic acids is 1. The summed E-state index contributed by atoms with van der Waals surface area (Å²) in [6.45, 7) is 7.11. The number of carbonyl (C=O) groups excluding carboxylic acids is 15. The lowest BCUT2D eigenvalue weighted by Crippen LogP contribution is -2.64. The highest BCUT2D eigenvalue weighted by Gasteiger charge is 2.45. The Morgan fingerprint density at radius 3 is 1.22 bits per heavy atom. The maximum atomic E-state index is 14.6. The van der Waals surface area contributed by atoms with Gasteiger partial charge in [-0.15, -0.1) is 0 Å². The Morgan fingerprint density at radius 1 is 0.481 bits per heavy atom. The van der Waals surface area contributed by atoms with Crippen LogP contribution in [-0.4, -0.2) is 320 Å². The largest absolute Gasteiger partial charge is 0.508 e. The van der Waals surface area contributed by atoms with Crippen molar-refractivity contribution in [3.63, 3.8) is 0 Å². The fourth-order valence-electron chi connectivity index (χ4n) is 13.2. The van der Waals surface area contributed by atoms with E-state index in [4.69, 9.17) is 45.5 Å². The molecule has 47 nitrogen and oxygen atoms in total. The molecule has 1 saturated heterocycles. The third kappa shape index (κ3) is 37.6. The van der Waals surface area contributed by atoms with E-state index in [1.54, 1.807) is 27.7 Å². The summed E-state index contributed by atoms with van der Waals surface area (Å²) in [7, 11) is 0. The fourth-order valence-corrected chi connectivity index (χ4v) is 13.6. The smallest absolute Gasteiger partial charge is 0.326 e. The van der Waals surface area contributed by atoms with Gasteiger partial charge in [-0.25, -0.2) is 4.79 Å². The number of amides is 15. The van der Waals surface area contributed by atoms with Gasteiger partial charge in [-0.2, -0.15) is 25.3 Å². The van der Waals surface area contributed by atoms with Crippen LogP contribution < -0.4 is 120 Å². The number of hydrogen-bond donors (Lipinski definition) is 32. The number of β-amino-alcohol motifs (C(OH)–C–C–N with tert-alkyl or cyclic N) is 1. The Hall–Kier alpha value is -10.9. The quantitative estimate of drug-likeness (QED) is 0.0127. The van der Waals surface area contributed by atoms with Gasteiger partial charge in [-0.05, 0) is 159 Å². The third-order valence-corrected chi connectivity index (χ3v) is 21.6. The predicted molar refractivity (Wildman–Crippen MR) is 476 cm³/mol. The third-order valence-electron chi connectivity index (χ3n) is 21.0. The Kier molecular flexibility index (Phi) is 49.2. The number of phenolic OH excluding ortho intramolecular Hbond substituents is 2. The summed E-state index contributed by atoms with van der Waals surface area (Å²) in [6, 6.07) is -14.5. The summed E-state index contributed by atoms with van der Waals surface area (Å²) < 4.78 is -1.47. The lowest BCUT2D eigenvalue weighted by molar-refractivity contribution is -0.142. The molecule has 1 aliphatic heterocycles. The summed E-state index contributed by atoms with van der Waals surface area (Å²) >= 11 is 8.78. The number of rotatable bonds is 58. The molecule has 1 fully saturated rings. The van der Waals surface area contributed by atoms with Crippen LogP contribution in [0.5, 0.6) is 11.5 Å².